The fraction of sp³-hybridized carbons (Fsp3) is 0.350. The molecule has 2 aromatic carbocycles. The average molecular weight is 459 g/mol. The number of hydrogen-bond donors (Lipinski definition) is 1. The molecule has 6 nitrogen and oxygen atoms in total. The summed E-state index contributed by atoms with van der Waals surface area (Å²) in [6, 6.07) is 7.05. The molecular weight excluding hydrogens is 438 g/mol. The standard InChI is InChI=1S/C20H21ClF2N2O4S/c1-2-29-19-8-6-15(11-16(19)21)30(27,28)25-9-3-4-13(12-25)20(26)24-18-7-5-14(22)10-17(18)23/h5-8,10-11,13H,2-4,9,12H2,1H3,(H,24,26)/t13-/m1/s1. The van der Waals surface area contributed by atoms with Crippen LogP contribution >= 0.6 is 11.6 Å². The van der Waals surface area contributed by atoms with E-state index in [0.29, 0.717) is 31.3 Å². The summed E-state index contributed by atoms with van der Waals surface area (Å²) in [5, 5.41) is 2.59. The molecule has 0 aliphatic carbocycles. The number of rotatable bonds is 6. The van der Waals surface area contributed by atoms with Gasteiger partial charge in [0, 0.05) is 19.2 Å². The number of nitrogens with zero attached hydrogens (tertiary/aromatic N) is 1. The highest BCUT2D eigenvalue weighted by atomic mass is 35.5. The molecule has 30 heavy (non-hydrogen) atoms. The Balaban J connectivity index is 1.74. The number of nitrogens with one attached hydrogen (secondary N) is 1. The zero-order valence-corrected chi connectivity index (χ0v) is 17.8. The first-order valence-electron chi connectivity index (χ1n) is 9.40. The number of sulfonamides is 1. The molecule has 0 bridgehead atoms. The van der Waals surface area contributed by atoms with Gasteiger partial charge < -0.3 is 10.1 Å². The molecule has 3 rings (SSSR count). The van der Waals surface area contributed by atoms with Crippen LogP contribution in [0.4, 0.5) is 14.5 Å². The SMILES string of the molecule is CCOc1ccc(S(=O)(=O)N2CCC[C@@H](C(=O)Nc3ccc(F)cc3F)C2)cc1Cl. The topological polar surface area (TPSA) is 75.7 Å². The Morgan fingerprint density at radius 1 is 1.27 bits per heavy atom. The van der Waals surface area contributed by atoms with E-state index < -0.39 is 33.5 Å². The van der Waals surface area contributed by atoms with Crippen molar-refractivity contribution in [3.8, 4) is 5.75 Å². The van der Waals surface area contributed by atoms with E-state index in [1.807, 2.05) is 0 Å². The van der Waals surface area contributed by atoms with E-state index in [9.17, 15) is 22.0 Å². The molecule has 10 heteroatoms. The summed E-state index contributed by atoms with van der Waals surface area (Å²) in [6.07, 6.45) is 0.915. The highest BCUT2D eigenvalue weighted by Gasteiger charge is 2.34. The summed E-state index contributed by atoms with van der Waals surface area (Å²) < 4.78 is 59.4. The molecule has 0 saturated carbocycles. The van der Waals surface area contributed by atoms with Gasteiger partial charge in [-0.15, -0.1) is 0 Å². The van der Waals surface area contributed by atoms with E-state index >= 15 is 0 Å². The summed E-state index contributed by atoms with van der Waals surface area (Å²) in [5.41, 5.74) is -0.153. The van der Waals surface area contributed by atoms with Gasteiger partial charge in [0.2, 0.25) is 15.9 Å². The molecule has 1 aliphatic heterocycles. The van der Waals surface area contributed by atoms with Crippen molar-refractivity contribution >= 4 is 33.2 Å². The third-order valence-electron chi connectivity index (χ3n) is 4.78. The Morgan fingerprint density at radius 2 is 2.03 bits per heavy atom. The van der Waals surface area contributed by atoms with Crippen LogP contribution in [0.25, 0.3) is 0 Å². The number of amides is 1. The number of halogens is 3. The highest BCUT2D eigenvalue weighted by Crippen LogP contribution is 2.31. The average Bonchev–Trinajstić information content (AvgIpc) is 2.71. The van der Waals surface area contributed by atoms with Crippen LogP contribution in [0.2, 0.25) is 5.02 Å². The number of benzene rings is 2. The minimum atomic E-state index is -3.88. The summed E-state index contributed by atoms with van der Waals surface area (Å²) >= 11 is 6.11. The summed E-state index contributed by atoms with van der Waals surface area (Å²) in [6.45, 7) is 2.38. The van der Waals surface area contributed by atoms with Gasteiger partial charge in [0.1, 0.15) is 17.4 Å². The normalized spacial score (nSPS) is 17.5. The largest absolute Gasteiger partial charge is 0.492 e. The van der Waals surface area contributed by atoms with E-state index in [1.54, 1.807) is 6.92 Å². The van der Waals surface area contributed by atoms with Crippen LogP contribution < -0.4 is 10.1 Å². The lowest BCUT2D eigenvalue weighted by molar-refractivity contribution is -0.120. The van der Waals surface area contributed by atoms with Gasteiger partial charge in [0.05, 0.1) is 28.1 Å². The summed E-state index contributed by atoms with van der Waals surface area (Å²) in [4.78, 5) is 12.6. The number of piperidine rings is 1. The van der Waals surface area contributed by atoms with Gasteiger partial charge in [-0.2, -0.15) is 4.31 Å². The molecular formula is C20H21ClF2N2O4S. The van der Waals surface area contributed by atoms with Crippen molar-refractivity contribution in [2.45, 2.75) is 24.7 Å². The third kappa shape index (κ3) is 4.91. The Hall–Kier alpha value is -2.23. The van der Waals surface area contributed by atoms with Crippen molar-refractivity contribution in [1.29, 1.82) is 0 Å². The molecule has 1 heterocycles. The fourth-order valence-electron chi connectivity index (χ4n) is 3.26. The van der Waals surface area contributed by atoms with Crippen molar-refractivity contribution in [2.24, 2.45) is 5.92 Å². The molecule has 1 saturated heterocycles. The van der Waals surface area contributed by atoms with Crippen LogP contribution in [0, 0.1) is 17.6 Å². The van der Waals surface area contributed by atoms with Crippen molar-refractivity contribution in [1.82, 2.24) is 4.31 Å². The highest BCUT2D eigenvalue weighted by molar-refractivity contribution is 7.89. The quantitative estimate of drug-likeness (QED) is 0.708. The molecule has 0 unspecified atom stereocenters. The minimum absolute atomic E-state index is 0.00147. The molecule has 2 aromatic rings. The van der Waals surface area contributed by atoms with Gasteiger partial charge in [-0.1, -0.05) is 11.6 Å². The predicted molar refractivity (Wildman–Crippen MR) is 109 cm³/mol. The molecule has 1 aliphatic rings. The first-order chi connectivity index (χ1) is 14.2. The second kappa shape index (κ2) is 9.28. The zero-order valence-electron chi connectivity index (χ0n) is 16.2. The van der Waals surface area contributed by atoms with Crippen LogP contribution in [-0.2, 0) is 14.8 Å². The van der Waals surface area contributed by atoms with Crippen LogP contribution in [0.15, 0.2) is 41.3 Å². The van der Waals surface area contributed by atoms with Gasteiger partial charge in [-0.25, -0.2) is 17.2 Å². The van der Waals surface area contributed by atoms with Crippen LogP contribution in [0.3, 0.4) is 0 Å². The van der Waals surface area contributed by atoms with Crippen molar-refractivity contribution in [3.05, 3.63) is 53.1 Å². The van der Waals surface area contributed by atoms with E-state index in [4.69, 9.17) is 16.3 Å². The van der Waals surface area contributed by atoms with E-state index in [2.05, 4.69) is 5.32 Å². The minimum Gasteiger partial charge on any atom is -0.492 e. The van der Waals surface area contributed by atoms with E-state index in [1.165, 1.54) is 22.5 Å². The second-order valence-corrected chi connectivity index (χ2v) is 9.19. The van der Waals surface area contributed by atoms with Gasteiger partial charge in [0.25, 0.3) is 0 Å². The fourth-order valence-corrected chi connectivity index (χ4v) is 5.11. The molecule has 0 spiro atoms. The molecule has 1 amide bonds. The van der Waals surface area contributed by atoms with Crippen molar-refractivity contribution in [2.75, 3.05) is 25.0 Å². The Morgan fingerprint density at radius 3 is 2.70 bits per heavy atom. The van der Waals surface area contributed by atoms with E-state index in [0.717, 1.165) is 12.1 Å². The van der Waals surface area contributed by atoms with Gasteiger partial charge >= 0.3 is 0 Å². The van der Waals surface area contributed by atoms with E-state index in [-0.39, 0.29) is 28.7 Å². The number of anilines is 1. The number of carbonyl (C=O) groups is 1. The first-order valence-corrected chi connectivity index (χ1v) is 11.2. The smallest absolute Gasteiger partial charge is 0.243 e. The van der Waals surface area contributed by atoms with Crippen molar-refractivity contribution < 1.29 is 26.7 Å². The van der Waals surface area contributed by atoms with Gasteiger partial charge in [0.15, 0.2) is 0 Å². The Bertz CT molecular complexity index is 1050. The summed E-state index contributed by atoms with van der Waals surface area (Å²) in [7, 11) is -3.88. The molecule has 162 valence electrons. The van der Waals surface area contributed by atoms with Gasteiger partial charge in [-0.05, 0) is 50.1 Å². The summed E-state index contributed by atoms with van der Waals surface area (Å²) in [5.74, 6) is -2.46. The van der Waals surface area contributed by atoms with Crippen molar-refractivity contribution in [3.63, 3.8) is 0 Å². The lowest BCUT2D eigenvalue weighted by atomic mass is 9.98. The lowest BCUT2D eigenvalue weighted by Crippen LogP contribution is -2.43. The lowest BCUT2D eigenvalue weighted by Gasteiger charge is -2.31. The molecule has 0 radical (unpaired) electrons. The van der Waals surface area contributed by atoms with Crippen LogP contribution in [0.1, 0.15) is 19.8 Å². The Labute approximate surface area is 178 Å². The third-order valence-corrected chi connectivity index (χ3v) is 6.94. The molecule has 1 N–H and O–H groups in total. The number of ether oxygens (including phenoxy) is 1. The molecule has 1 fully saturated rings. The maximum Gasteiger partial charge on any atom is 0.243 e. The monoisotopic (exact) mass is 458 g/mol. The number of hydrogen-bond acceptors (Lipinski definition) is 4. The molecule has 0 aromatic heterocycles. The second-order valence-electron chi connectivity index (χ2n) is 6.84. The predicted octanol–water partition coefficient (Wildman–Crippen LogP) is 4.06. The van der Waals surface area contributed by atoms with Gasteiger partial charge in [-0.3, -0.25) is 4.79 Å². The maximum atomic E-state index is 13.8. The van der Waals surface area contributed by atoms with Crippen LogP contribution in [0.5, 0.6) is 5.75 Å². The van der Waals surface area contributed by atoms with Crippen LogP contribution in [-0.4, -0.2) is 38.3 Å². The first kappa shape index (κ1) is 22.5. The Kier molecular flexibility index (Phi) is 6.95. The maximum absolute atomic E-state index is 13.8. The number of carbonyl (C=O) groups excluding carboxylic acids is 1. The molecule has 1 atom stereocenters. The zero-order chi connectivity index (χ0) is 21.9.